The Kier molecular flexibility index (Phi) is 5.84. The second-order valence-electron chi connectivity index (χ2n) is 7.19. The molecule has 0 radical (unpaired) electrons. The summed E-state index contributed by atoms with van der Waals surface area (Å²) < 4.78 is 10.7. The van der Waals surface area contributed by atoms with E-state index in [1.807, 2.05) is 24.3 Å². The molecule has 2 aromatic carbocycles. The van der Waals surface area contributed by atoms with Crippen molar-refractivity contribution >= 4 is 22.6 Å². The van der Waals surface area contributed by atoms with E-state index in [-0.39, 0.29) is 5.56 Å². The standard InChI is InChI=1S/C22H24N2O4/c1-15(20(25)24-22(14-23)10-6-3-7-11-22)28-21(26)18-12-16-8-4-5-9-17(16)13-19(18)27-2/h4-5,8-9,12-13,15H,3,6-7,10-11H2,1-2H3,(H,24,25)/t15-/m1/s1. The predicted octanol–water partition coefficient (Wildman–Crippen LogP) is 3.74. The monoisotopic (exact) mass is 380 g/mol. The highest BCUT2D eigenvalue weighted by atomic mass is 16.5. The number of carbonyl (C=O) groups excluding carboxylic acids is 2. The third kappa shape index (κ3) is 4.09. The number of nitrogens with one attached hydrogen (secondary N) is 1. The number of rotatable bonds is 5. The van der Waals surface area contributed by atoms with Crippen molar-refractivity contribution in [2.24, 2.45) is 0 Å². The maximum Gasteiger partial charge on any atom is 0.342 e. The van der Waals surface area contributed by atoms with E-state index in [2.05, 4.69) is 11.4 Å². The lowest BCUT2D eigenvalue weighted by atomic mass is 9.83. The lowest BCUT2D eigenvalue weighted by Gasteiger charge is -2.32. The van der Waals surface area contributed by atoms with Gasteiger partial charge in [-0.2, -0.15) is 5.26 Å². The molecule has 0 unspecified atom stereocenters. The molecule has 1 atom stereocenters. The SMILES string of the molecule is COc1cc2ccccc2cc1C(=O)O[C@H](C)C(=O)NC1(C#N)CCCCC1. The number of esters is 1. The Labute approximate surface area is 164 Å². The van der Waals surface area contributed by atoms with Crippen LogP contribution in [0, 0.1) is 11.3 Å². The average molecular weight is 380 g/mol. The van der Waals surface area contributed by atoms with Gasteiger partial charge in [0.05, 0.1) is 13.2 Å². The number of hydrogen-bond donors (Lipinski definition) is 1. The van der Waals surface area contributed by atoms with Gasteiger partial charge in [-0.1, -0.05) is 43.5 Å². The molecule has 1 amide bonds. The Morgan fingerprint density at radius 3 is 2.39 bits per heavy atom. The van der Waals surface area contributed by atoms with Crippen LogP contribution < -0.4 is 10.1 Å². The van der Waals surface area contributed by atoms with E-state index in [9.17, 15) is 14.9 Å². The molecule has 1 fully saturated rings. The van der Waals surface area contributed by atoms with Gasteiger partial charge in [-0.25, -0.2) is 4.79 Å². The smallest absolute Gasteiger partial charge is 0.342 e. The van der Waals surface area contributed by atoms with Gasteiger partial charge in [-0.3, -0.25) is 4.79 Å². The highest BCUT2D eigenvalue weighted by Gasteiger charge is 2.35. The van der Waals surface area contributed by atoms with Crippen LogP contribution in [0.4, 0.5) is 0 Å². The second kappa shape index (κ2) is 8.30. The number of methoxy groups -OCH3 is 1. The van der Waals surface area contributed by atoms with E-state index < -0.39 is 23.5 Å². The summed E-state index contributed by atoms with van der Waals surface area (Å²) in [5, 5.41) is 14.1. The molecule has 0 aliphatic heterocycles. The predicted molar refractivity (Wildman–Crippen MR) is 105 cm³/mol. The van der Waals surface area contributed by atoms with E-state index >= 15 is 0 Å². The lowest BCUT2D eigenvalue weighted by Crippen LogP contribution is -2.52. The van der Waals surface area contributed by atoms with Crippen LogP contribution in [-0.4, -0.2) is 30.6 Å². The van der Waals surface area contributed by atoms with Crippen molar-refractivity contribution < 1.29 is 19.1 Å². The minimum Gasteiger partial charge on any atom is -0.496 e. The normalized spacial score (nSPS) is 16.6. The Morgan fingerprint density at radius 2 is 1.79 bits per heavy atom. The third-order valence-electron chi connectivity index (χ3n) is 5.22. The van der Waals surface area contributed by atoms with Crippen LogP contribution in [-0.2, 0) is 9.53 Å². The molecule has 6 heteroatoms. The topological polar surface area (TPSA) is 88.4 Å². The van der Waals surface area contributed by atoms with Gasteiger partial charge in [0.25, 0.3) is 5.91 Å². The molecule has 2 aromatic rings. The van der Waals surface area contributed by atoms with Gasteiger partial charge in [0, 0.05) is 0 Å². The van der Waals surface area contributed by atoms with E-state index in [0.29, 0.717) is 18.6 Å². The van der Waals surface area contributed by atoms with Gasteiger partial charge in [0.2, 0.25) is 0 Å². The summed E-state index contributed by atoms with van der Waals surface area (Å²) in [6.45, 7) is 1.51. The zero-order valence-corrected chi connectivity index (χ0v) is 16.2. The fraction of sp³-hybridized carbons (Fsp3) is 0.409. The number of nitrogens with zero attached hydrogens (tertiary/aromatic N) is 1. The van der Waals surface area contributed by atoms with Crippen molar-refractivity contribution in [2.45, 2.75) is 50.7 Å². The van der Waals surface area contributed by atoms with Crippen LogP contribution in [0.2, 0.25) is 0 Å². The van der Waals surface area contributed by atoms with Crippen LogP contribution in [0.5, 0.6) is 5.75 Å². The van der Waals surface area contributed by atoms with Crippen LogP contribution in [0.1, 0.15) is 49.4 Å². The molecule has 1 saturated carbocycles. The highest BCUT2D eigenvalue weighted by molar-refractivity contribution is 5.99. The van der Waals surface area contributed by atoms with Crippen molar-refractivity contribution in [1.82, 2.24) is 5.32 Å². The summed E-state index contributed by atoms with van der Waals surface area (Å²) >= 11 is 0. The maximum atomic E-state index is 12.7. The van der Waals surface area contributed by atoms with Gasteiger partial charge < -0.3 is 14.8 Å². The summed E-state index contributed by atoms with van der Waals surface area (Å²) in [6.07, 6.45) is 3.08. The number of hydrogen-bond acceptors (Lipinski definition) is 5. The van der Waals surface area contributed by atoms with Crippen LogP contribution in [0.15, 0.2) is 36.4 Å². The van der Waals surface area contributed by atoms with Gasteiger partial charge >= 0.3 is 5.97 Å². The zero-order chi connectivity index (χ0) is 20.1. The Balaban J connectivity index is 1.74. The first-order valence-corrected chi connectivity index (χ1v) is 9.49. The molecule has 28 heavy (non-hydrogen) atoms. The molecule has 0 spiro atoms. The maximum absolute atomic E-state index is 12.7. The first kappa shape index (κ1) is 19.7. The van der Waals surface area contributed by atoms with E-state index in [0.717, 1.165) is 30.0 Å². The third-order valence-corrected chi connectivity index (χ3v) is 5.22. The van der Waals surface area contributed by atoms with Crippen molar-refractivity contribution in [3.63, 3.8) is 0 Å². The molecule has 0 saturated heterocycles. The van der Waals surface area contributed by atoms with Gasteiger partial charge in [0.1, 0.15) is 16.9 Å². The molecule has 1 aliphatic carbocycles. The van der Waals surface area contributed by atoms with Crippen molar-refractivity contribution in [2.75, 3.05) is 7.11 Å². The quantitative estimate of drug-likeness (QED) is 0.799. The van der Waals surface area contributed by atoms with E-state index in [1.165, 1.54) is 14.0 Å². The van der Waals surface area contributed by atoms with Crippen LogP contribution in [0.3, 0.4) is 0 Å². The van der Waals surface area contributed by atoms with Gasteiger partial charge in [-0.05, 0) is 42.7 Å². The molecule has 1 aliphatic rings. The molecule has 6 nitrogen and oxygen atoms in total. The largest absolute Gasteiger partial charge is 0.496 e. The van der Waals surface area contributed by atoms with Crippen molar-refractivity contribution in [3.05, 3.63) is 42.0 Å². The second-order valence-corrected chi connectivity index (χ2v) is 7.19. The fourth-order valence-corrected chi connectivity index (χ4v) is 3.58. The van der Waals surface area contributed by atoms with E-state index in [1.54, 1.807) is 12.1 Å². The summed E-state index contributed by atoms with van der Waals surface area (Å²) in [5.74, 6) is -0.714. The minimum absolute atomic E-state index is 0.258. The number of benzene rings is 2. The molecular weight excluding hydrogens is 356 g/mol. The summed E-state index contributed by atoms with van der Waals surface area (Å²) in [5.41, 5.74) is -0.607. The molecular formula is C22H24N2O4. The molecule has 1 N–H and O–H groups in total. The number of ether oxygens (including phenoxy) is 2. The summed E-state index contributed by atoms with van der Waals surface area (Å²) in [7, 11) is 1.48. The number of nitriles is 1. The summed E-state index contributed by atoms with van der Waals surface area (Å²) in [6, 6.07) is 13.3. The highest BCUT2D eigenvalue weighted by Crippen LogP contribution is 2.29. The number of amides is 1. The van der Waals surface area contributed by atoms with Crippen molar-refractivity contribution in [1.29, 1.82) is 5.26 Å². The Morgan fingerprint density at radius 1 is 1.14 bits per heavy atom. The molecule has 146 valence electrons. The number of carbonyl (C=O) groups is 2. The lowest BCUT2D eigenvalue weighted by molar-refractivity contribution is -0.130. The first-order chi connectivity index (χ1) is 13.5. The number of fused-ring (bicyclic) bond motifs is 1. The Hall–Kier alpha value is -3.07. The van der Waals surface area contributed by atoms with Gasteiger partial charge in [0.15, 0.2) is 6.10 Å². The van der Waals surface area contributed by atoms with Crippen molar-refractivity contribution in [3.8, 4) is 11.8 Å². The molecule has 3 rings (SSSR count). The molecule has 0 heterocycles. The zero-order valence-electron chi connectivity index (χ0n) is 16.2. The fourth-order valence-electron chi connectivity index (χ4n) is 3.58. The molecule has 0 aromatic heterocycles. The minimum atomic E-state index is -1.02. The first-order valence-electron chi connectivity index (χ1n) is 9.49. The summed E-state index contributed by atoms with van der Waals surface area (Å²) in [4.78, 5) is 25.2. The average Bonchev–Trinajstić information content (AvgIpc) is 2.73. The van der Waals surface area contributed by atoms with Crippen LogP contribution in [0.25, 0.3) is 10.8 Å². The van der Waals surface area contributed by atoms with E-state index in [4.69, 9.17) is 9.47 Å². The van der Waals surface area contributed by atoms with Crippen LogP contribution >= 0.6 is 0 Å². The Bertz CT molecular complexity index is 926. The van der Waals surface area contributed by atoms with Gasteiger partial charge in [-0.15, -0.1) is 0 Å². The molecule has 0 bridgehead atoms.